The van der Waals surface area contributed by atoms with Crippen LogP contribution in [0.3, 0.4) is 0 Å². The summed E-state index contributed by atoms with van der Waals surface area (Å²) in [5, 5.41) is 2.86. The highest BCUT2D eigenvalue weighted by molar-refractivity contribution is 5.91. The first-order valence-corrected chi connectivity index (χ1v) is 8.98. The van der Waals surface area contributed by atoms with Crippen molar-refractivity contribution in [2.75, 3.05) is 20.3 Å². The molecule has 1 N–H and O–H groups in total. The fourth-order valence-electron chi connectivity index (χ4n) is 2.24. The lowest BCUT2D eigenvalue weighted by Gasteiger charge is -2.11. The standard InChI is InChI=1S/C20H31NO3/c1-4-6-8-9-15-24-18-12-10-17(16-19(18)23-3)11-13-20(22)21-14-7-5-2/h10-13,16H,4-9,14-15H2,1-3H3,(H,21,22)/b13-11+. The summed E-state index contributed by atoms with van der Waals surface area (Å²) in [6.07, 6.45) is 10.1. The van der Waals surface area contributed by atoms with Gasteiger partial charge in [-0.25, -0.2) is 0 Å². The summed E-state index contributed by atoms with van der Waals surface area (Å²) < 4.78 is 11.2. The molecule has 1 rings (SSSR count). The molecule has 0 atom stereocenters. The van der Waals surface area contributed by atoms with Gasteiger partial charge in [-0.05, 0) is 36.6 Å². The Morgan fingerprint density at radius 1 is 1.08 bits per heavy atom. The second-order valence-electron chi connectivity index (χ2n) is 5.80. The predicted molar refractivity (Wildman–Crippen MR) is 99.6 cm³/mol. The molecule has 1 amide bonds. The lowest BCUT2D eigenvalue weighted by Crippen LogP contribution is -2.21. The molecular weight excluding hydrogens is 302 g/mol. The van der Waals surface area contributed by atoms with E-state index >= 15 is 0 Å². The molecule has 0 saturated heterocycles. The maximum atomic E-state index is 11.7. The molecular formula is C20H31NO3. The number of amides is 1. The molecule has 0 radical (unpaired) electrons. The molecule has 0 aliphatic carbocycles. The molecule has 4 heteroatoms. The van der Waals surface area contributed by atoms with Crippen LogP contribution in [-0.2, 0) is 4.79 Å². The third-order valence-corrected chi connectivity index (χ3v) is 3.70. The van der Waals surface area contributed by atoms with Gasteiger partial charge in [-0.15, -0.1) is 0 Å². The molecule has 4 nitrogen and oxygen atoms in total. The first-order valence-electron chi connectivity index (χ1n) is 8.98. The first kappa shape index (κ1) is 20.1. The molecule has 134 valence electrons. The average molecular weight is 333 g/mol. The van der Waals surface area contributed by atoms with Crippen LogP contribution in [0.2, 0.25) is 0 Å². The summed E-state index contributed by atoms with van der Waals surface area (Å²) in [6, 6.07) is 5.71. The predicted octanol–water partition coefficient (Wildman–Crippen LogP) is 4.58. The Bertz CT molecular complexity index is 512. The molecule has 0 heterocycles. The van der Waals surface area contributed by atoms with E-state index in [1.165, 1.54) is 19.3 Å². The zero-order valence-electron chi connectivity index (χ0n) is 15.3. The average Bonchev–Trinajstić information content (AvgIpc) is 2.60. The molecule has 0 fully saturated rings. The van der Waals surface area contributed by atoms with Gasteiger partial charge in [-0.1, -0.05) is 45.6 Å². The van der Waals surface area contributed by atoms with Crippen LogP contribution in [-0.4, -0.2) is 26.2 Å². The Labute approximate surface area is 146 Å². The monoisotopic (exact) mass is 333 g/mol. The number of ether oxygens (including phenoxy) is 2. The van der Waals surface area contributed by atoms with Gasteiger partial charge in [0.2, 0.25) is 5.91 Å². The Kier molecular flexibility index (Phi) is 10.4. The number of nitrogens with one attached hydrogen (secondary N) is 1. The molecule has 0 spiro atoms. The van der Waals surface area contributed by atoms with Crippen LogP contribution in [0.15, 0.2) is 24.3 Å². The number of carbonyl (C=O) groups excluding carboxylic acids is 1. The van der Waals surface area contributed by atoms with E-state index in [9.17, 15) is 4.79 Å². The number of methoxy groups -OCH3 is 1. The van der Waals surface area contributed by atoms with E-state index in [-0.39, 0.29) is 5.91 Å². The summed E-state index contributed by atoms with van der Waals surface area (Å²) in [6.45, 7) is 5.71. The van der Waals surface area contributed by atoms with Crippen molar-refractivity contribution >= 4 is 12.0 Å². The van der Waals surface area contributed by atoms with E-state index < -0.39 is 0 Å². The molecule has 0 aliphatic rings. The number of hydrogen-bond donors (Lipinski definition) is 1. The second-order valence-corrected chi connectivity index (χ2v) is 5.80. The second kappa shape index (κ2) is 12.5. The molecule has 0 bridgehead atoms. The van der Waals surface area contributed by atoms with Crippen molar-refractivity contribution in [3.63, 3.8) is 0 Å². The number of benzene rings is 1. The summed E-state index contributed by atoms with van der Waals surface area (Å²) in [4.78, 5) is 11.7. The summed E-state index contributed by atoms with van der Waals surface area (Å²) >= 11 is 0. The topological polar surface area (TPSA) is 47.6 Å². The fourth-order valence-corrected chi connectivity index (χ4v) is 2.24. The minimum atomic E-state index is -0.0707. The van der Waals surface area contributed by atoms with Gasteiger partial charge in [-0.3, -0.25) is 4.79 Å². The van der Waals surface area contributed by atoms with Gasteiger partial charge in [0, 0.05) is 12.6 Å². The van der Waals surface area contributed by atoms with Crippen LogP contribution in [0.25, 0.3) is 6.08 Å². The first-order chi connectivity index (χ1) is 11.7. The SMILES string of the molecule is CCCCCCOc1ccc(/C=C/C(=O)NCCCC)cc1OC. The van der Waals surface area contributed by atoms with Crippen LogP contribution in [0.4, 0.5) is 0 Å². The van der Waals surface area contributed by atoms with Crippen molar-refractivity contribution in [3.8, 4) is 11.5 Å². The zero-order valence-corrected chi connectivity index (χ0v) is 15.3. The summed E-state index contributed by atoms with van der Waals surface area (Å²) in [5.41, 5.74) is 0.913. The number of unbranched alkanes of at least 4 members (excludes halogenated alkanes) is 4. The van der Waals surface area contributed by atoms with Crippen molar-refractivity contribution in [3.05, 3.63) is 29.8 Å². The third-order valence-electron chi connectivity index (χ3n) is 3.70. The Balaban J connectivity index is 2.54. The van der Waals surface area contributed by atoms with Crippen molar-refractivity contribution in [2.45, 2.75) is 52.4 Å². The van der Waals surface area contributed by atoms with Crippen LogP contribution in [0.5, 0.6) is 11.5 Å². The number of hydrogen-bond acceptors (Lipinski definition) is 3. The van der Waals surface area contributed by atoms with Crippen LogP contribution in [0, 0.1) is 0 Å². The van der Waals surface area contributed by atoms with Crippen LogP contribution < -0.4 is 14.8 Å². The lowest BCUT2D eigenvalue weighted by atomic mass is 10.2. The number of carbonyl (C=O) groups is 1. The van der Waals surface area contributed by atoms with Crippen LogP contribution >= 0.6 is 0 Å². The van der Waals surface area contributed by atoms with Gasteiger partial charge in [0.05, 0.1) is 13.7 Å². The van der Waals surface area contributed by atoms with Gasteiger partial charge >= 0.3 is 0 Å². The molecule has 1 aromatic rings. The summed E-state index contributed by atoms with van der Waals surface area (Å²) in [5.74, 6) is 1.37. The maximum absolute atomic E-state index is 11.7. The minimum Gasteiger partial charge on any atom is -0.493 e. The smallest absolute Gasteiger partial charge is 0.243 e. The Hall–Kier alpha value is -1.97. The van der Waals surface area contributed by atoms with E-state index in [1.54, 1.807) is 19.3 Å². The molecule has 24 heavy (non-hydrogen) atoms. The van der Waals surface area contributed by atoms with E-state index in [2.05, 4.69) is 19.2 Å². The highest BCUT2D eigenvalue weighted by Gasteiger charge is 2.05. The van der Waals surface area contributed by atoms with Gasteiger partial charge in [0.25, 0.3) is 0 Å². The molecule has 1 aromatic carbocycles. The molecule has 0 unspecified atom stereocenters. The minimum absolute atomic E-state index is 0.0707. The van der Waals surface area contributed by atoms with E-state index in [4.69, 9.17) is 9.47 Å². The van der Waals surface area contributed by atoms with Crippen molar-refractivity contribution in [2.24, 2.45) is 0 Å². The van der Waals surface area contributed by atoms with Crippen molar-refractivity contribution in [1.29, 1.82) is 0 Å². The highest BCUT2D eigenvalue weighted by atomic mass is 16.5. The third kappa shape index (κ3) is 8.04. The van der Waals surface area contributed by atoms with Crippen LogP contribution in [0.1, 0.15) is 57.9 Å². The Morgan fingerprint density at radius 2 is 1.88 bits per heavy atom. The quantitative estimate of drug-likeness (QED) is 0.450. The molecule has 0 aliphatic heterocycles. The summed E-state index contributed by atoms with van der Waals surface area (Å²) in [7, 11) is 1.63. The molecule has 0 aromatic heterocycles. The largest absolute Gasteiger partial charge is 0.493 e. The lowest BCUT2D eigenvalue weighted by molar-refractivity contribution is -0.116. The van der Waals surface area contributed by atoms with Crippen molar-refractivity contribution < 1.29 is 14.3 Å². The fraction of sp³-hybridized carbons (Fsp3) is 0.550. The van der Waals surface area contributed by atoms with Gasteiger partial charge in [0.1, 0.15) is 0 Å². The Morgan fingerprint density at radius 3 is 2.58 bits per heavy atom. The van der Waals surface area contributed by atoms with E-state index in [0.717, 1.165) is 30.6 Å². The van der Waals surface area contributed by atoms with E-state index in [1.807, 2.05) is 18.2 Å². The van der Waals surface area contributed by atoms with E-state index in [0.29, 0.717) is 18.9 Å². The van der Waals surface area contributed by atoms with Gasteiger partial charge < -0.3 is 14.8 Å². The highest BCUT2D eigenvalue weighted by Crippen LogP contribution is 2.28. The zero-order chi connectivity index (χ0) is 17.6. The molecule has 0 saturated carbocycles. The van der Waals surface area contributed by atoms with Crippen molar-refractivity contribution in [1.82, 2.24) is 5.32 Å². The van der Waals surface area contributed by atoms with Gasteiger partial charge in [-0.2, -0.15) is 0 Å². The van der Waals surface area contributed by atoms with Gasteiger partial charge in [0.15, 0.2) is 11.5 Å². The number of rotatable bonds is 12. The normalized spacial score (nSPS) is 10.8. The maximum Gasteiger partial charge on any atom is 0.243 e.